The highest BCUT2D eigenvalue weighted by molar-refractivity contribution is 5.16. The second-order valence-corrected chi connectivity index (χ2v) is 2.15. The van der Waals surface area contributed by atoms with Crippen LogP contribution in [-0.2, 0) is 0 Å². The van der Waals surface area contributed by atoms with Crippen LogP contribution >= 0.6 is 0 Å². The lowest BCUT2D eigenvalue weighted by molar-refractivity contribution is -0.763. The molecule has 0 amide bonds. The van der Waals surface area contributed by atoms with Gasteiger partial charge in [-0.25, -0.2) is 0 Å². The van der Waals surface area contributed by atoms with Gasteiger partial charge in [0.05, 0.1) is 13.2 Å². The summed E-state index contributed by atoms with van der Waals surface area (Å²) in [6.07, 6.45) is 7.71. The number of rotatable bonds is 1. The van der Waals surface area contributed by atoms with Gasteiger partial charge >= 0.3 is 0 Å². The minimum absolute atomic E-state index is 0. The quantitative estimate of drug-likeness (QED) is 0.411. The Bertz CT molecular complexity index is 138. The molecule has 1 atom stereocenters. The van der Waals surface area contributed by atoms with Gasteiger partial charge in [0.15, 0.2) is 0 Å². The zero-order valence-electron chi connectivity index (χ0n) is 5.82. The van der Waals surface area contributed by atoms with Gasteiger partial charge in [-0.1, -0.05) is 6.92 Å². The Morgan fingerprint density at radius 3 is 2.44 bits per heavy atom. The smallest absolute Gasteiger partial charge is 0.102 e. The van der Waals surface area contributed by atoms with Gasteiger partial charge in [-0.05, 0) is 6.42 Å². The van der Waals surface area contributed by atoms with Crippen LogP contribution in [0.3, 0.4) is 0 Å². The average molecular weight is 146 g/mol. The maximum Gasteiger partial charge on any atom is 0.102 e. The number of halogens is 1. The standard InChI is InChI=1S/C7H11N.ClH/c1-3-7-4-5-8(2)6-7;/h4-6H,3H2,1-2H3;1H. The highest BCUT2D eigenvalue weighted by Crippen LogP contribution is 2.00. The van der Waals surface area contributed by atoms with Crippen molar-refractivity contribution in [2.75, 3.05) is 7.05 Å². The van der Waals surface area contributed by atoms with Crippen molar-refractivity contribution in [2.24, 2.45) is 0 Å². The highest BCUT2D eigenvalue weighted by Gasteiger charge is 2.01. The molecule has 0 aliphatic carbocycles. The minimum Gasteiger partial charge on any atom is -1.00 e. The molecule has 1 aliphatic heterocycles. The maximum atomic E-state index is 2.22. The third kappa shape index (κ3) is 2.20. The molecule has 1 heterocycles. The molecule has 0 fully saturated rings. The van der Waals surface area contributed by atoms with E-state index >= 15 is 0 Å². The first-order valence-corrected chi connectivity index (χ1v) is 3.05. The fourth-order valence-electron chi connectivity index (χ4n) is 0.847. The van der Waals surface area contributed by atoms with Gasteiger partial charge in [0.1, 0.15) is 6.20 Å². The molecule has 0 aromatic carbocycles. The van der Waals surface area contributed by atoms with Crippen LogP contribution in [0.25, 0.3) is 0 Å². The van der Waals surface area contributed by atoms with Crippen molar-refractivity contribution < 1.29 is 17.3 Å². The molecular formula is C7H12ClN. The summed E-state index contributed by atoms with van der Waals surface area (Å²) < 4.78 is 0. The number of quaternary nitrogens is 1. The molecule has 0 aromatic heterocycles. The van der Waals surface area contributed by atoms with Crippen molar-refractivity contribution in [3.8, 4) is 0 Å². The Hall–Kier alpha value is -0.270. The lowest BCUT2D eigenvalue weighted by Crippen LogP contribution is -3.00. The van der Waals surface area contributed by atoms with Gasteiger partial charge in [0, 0.05) is 11.6 Å². The Kier molecular flexibility index (Phi) is 3.59. The first kappa shape index (κ1) is 8.73. The van der Waals surface area contributed by atoms with E-state index in [9.17, 15) is 0 Å². The van der Waals surface area contributed by atoms with Crippen LogP contribution in [0.15, 0.2) is 24.0 Å². The Labute approximate surface area is 62.5 Å². The van der Waals surface area contributed by atoms with Crippen LogP contribution in [0.1, 0.15) is 13.3 Å². The molecule has 1 rings (SSSR count). The largest absolute Gasteiger partial charge is 1.00 e. The van der Waals surface area contributed by atoms with Gasteiger partial charge in [-0.3, -0.25) is 4.90 Å². The van der Waals surface area contributed by atoms with Crippen LogP contribution in [0.2, 0.25) is 0 Å². The summed E-state index contributed by atoms with van der Waals surface area (Å²) in [5.41, 5.74) is 1.45. The van der Waals surface area contributed by atoms with E-state index in [0.29, 0.717) is 0 Å². The van der Waals surface area contributed by atoms with Crippen LogP contribution in [0, 0.1) is 0 Å². The van der Waals surface area contributed by atoms with Gasteiger partial charge in [-0.2, -0.15) is 0 Å². The lowest BCUT2D eigenvalue weighted by atomic mass is 10.2. The second kappa shape index (κ2) is 3.70. The van der Waals surface area contributed by atoms with E-state index in [1.165, 1.54) is 10.5 Å². The van der Waals surface area contributed by atoms with Crippen LogP contribution in [0.4, 0.5) is 0 Å². The van der Waals surface area contributed by atoms with E-state index in [2.05, 4.69) is 32.4 Å². The molecule has 0 spiro atoms. The molecular weight excluding hydrogens is 134 g/mol. The van der Waals surface area contributed by atoms with Crippen LogP contribution in [-0.4, -0.2) is 7.05 Å². The first-order chi connectivity index (χ1) is 3.83. The molecule has 1 N–H and O–H groups in total. The number of hydrogen-bond acceptors (Lipinski definition) is 0. The summed E-state index contributed by atoms with van der Waals surface area (Å²) in [4.78, 5) is 1.38. The fraction of sp³-hybridized carbons (Fsp3) is 0.429. The molecule has 0 aromatic rings. The van der Waals surface area contributed by atoms with E-state index in [0.717, 1.165) is 6.42 Å². The van der Waals surface area contributed by atoms with Crippen LogP contribution in [0.5, 0.6) is 0 Å². The molecule has 52 valence electrons. The SMILES string of the molecule is CCC1=C[NH+](C)C=C1.[Cl-]. The molecule has 0 saturated carbocycles. The van der Waals surface area contributed by atoms with Crippen molar-refractivity contribution in [1.29, 1.82) is 0 Å². The Morgan fingerprint density at radius 1 is 1.56 bits per heavy atom. The second-order valence-electron chi connectivity index (χ2n) is 2.15. The summed E-state index contributed by atoms with van der Waals surface area (Å²) in [5.74, 6) is 0. The molecule has 1 nitrogen and oxygen atoms in total. The van der Waals surface area contributed by atoms with E-state index in [1.807, 2.05) is 0 Å². The predicted octanol–water partition coefficient (Wildman–Crippen LogP) is -2.67. The van der Waals surface area contributed by atoms with Gasteiger partial charge in [0.2, 0.25) is 0 Å². The van der Waals surface area contributed by atoms with Gasteiger partial charge in [-0.15, -0.1) is 0 Å². The molecule has 1 unspecified atom stereocenters. The third-order valence-corrected chi connectivity index (χ3v) is 1.38. The number of allylic oxidation sites excluding steroid dienone is 2. The lowest BCUT2D eigenvalue weighted by Gasteiger charge is -1.91. The first-order valence-electron chi connectivity index (χ1n) is 3.05. The molecule has 2 heteroatoms. The topological polar surface area (TPSA) is 4.44 Å². The Morgan fingerprint density at radius 2 is 2.22 bits per heavy atom. The molecule has 0 saturated heterocycles. The van der Waals surface area contributed by atoms with E-state index < -0.39 is 0 Å². The maximum absolute atomic E-state index is 2.22. The summed E-state index contributed by atoms with van der Waals surface area (Å²) >= 11 is 0. The summed E-state index contributed by atoms with van der Waals surface area (Å²) in [5, 5.41) is 0. The summed E-state index contributed by atoms with van der Waals surface area (Å²) in [6, 6.07) is 0. The van der Waals surface area contributed by atoms with Gasteiger partial charge < -0.3 is 12.4 Å². The molecule has 0 bridgehead atoms. The predicted molar refractivity (Wildman–Crippen MR) is 34.4 cm³/mol. The fourth-order valence-corrected chi connectivity index (χ4v) is 0.847. The Balaban J connectivity index is 0.000000640. The van der Waals surface area contributed by atoms with Crippen LogP contribution < -0.4 is 17.3 Å². The van der Waals surface area contributed by atoms with Crippen molar-refractivity contribution in [3.05, 3.63) is 24.0 Å². The summed E-state index contributed by atoms with van der Waals surface area (Å²) in [6.45, 7) is 2.18. The normalized spacial score (nSPS) is 23.3. The number of hydrogen-bond donors (Lipinski definition) is 1. The van der Waals surface area contributed by atoms with E-state index in [-0.39, 0.29) is 12.4 Å². The van der Waals surface area contributed by atoms with Crippen molar-refractivity contribution >= 4 is 0 Å². The zero-order valence-corrected chi connectivity index (χ0v) is 6.57. The molecule has 1 aliphatic rings. The van der Waals surface area contributed by atoms with Gasteiger partial charge in [0.25, 0.3) is 0 Å². The monoisotopic (exact) mass is 145 g/mol. The number of nitrogens with one attached hydrogen (secondary N) is 1. The minimum atomic E-state index is 0. The van der Waals surface area contributed by atoms with E-state index in [1.54, 1.807) is 0 Å². The average Bonchev–Trinajstić information content (AvgIpc) is 2.14. The van der Waals surface area contributed by atoms with E-state index in [4.69, 9.17) is 0 Å². The zero-order chi connectivity index (χ0) is 5.98. The summed E-state index contributed by atoms with van der Waals surface area (Å²) in [7, 11) is 2.12. The van der Waals surface area contributed by atoms with Crippen molar-refractivity contribution in [1.82, 2.24) is 0 Å². The molecule has 0 radical (unpaired) electrons. The van der Waals surface area contributed by atoms with Crippen molar-refractivity contribution in [2.45, 2.75) is 13.3 Å². The third-order valence-electron chi connectivity index (χ3n) is 1.38. The van der Waals surface area contributed by atoms with Crippen molar-refractivity contribution in [3.63, 3.8) is 0 Å². The highest BCUT2D eigenvalue weighted by atomic mass is 35.5. The molecule has 9 heavy (non-hydrogen) atoms.